The molecule has 1 aliphatic rings. The maximum Gasteiger partial charge on any atom is 0.258 e. The monoisotopic (exact) mass is 451 g/mol. The predicted octanol–water partition coefficient (Wildman–Crippen LogP) is 4.90. The van der Waals surface area contributed by atoms with Crippen molar-refractivity contribution in [3.05, 3.63) is 69.3 Å². The number of thiophene rings is 1. The Kier molecular flexibility index (Phi) is 8.42. The van der Waals surface area contributed by atoms with E-state index in [1.54, 1.807) is 22.0 Å². The van der Waals surface area contributed by atoms with Gasteiger partial charge in [0.25, 0.3) is 11.5 Å². The SMILES string of the molecule is CCN(CC)C(=O)c1cc(-c2ccccc2)c(=O)n2c1-c1sccc1CC2.CCNCC. The van der Waals surface area contributed by atoms with Gasteiger partial charge >= 0.3 is 0 Å². The molecule has 6 heteroatoms. The Hall–Kier alpha value is -2.70. The molecule has 1 N–H and O–H groups in total. The number of amides is 1. The molecule has 2 aromatic heterocycles. The van der Waals surface area contributed by atoms with E-state index in [1.807, 2.05) is 54.5 Å². The fourth-order valence-corrected chi connectivity index (χ4v) is 5.04. The molecule has 1 aromatic carbocycles. The Balaban J connectivity index is 0.000000523. The van der Waals surface area contributed by atoms with Crippen molar-refractivity contribution in [3.63, 3.8) is 0 Å². The van der Waals surface area contributed by atoms with E-state index in [-0.39, 0.29) is 11.5 Å². The average molecular weight is 452 g/mol. The molecule has 4 rings (SSSR count). The number of hydrogen-bond acceptors (Lipinski definition) is 4. The van der Waals surface area contributed by atoms with E-state index in [9.17, 15) is 9.59 Å². The molecule has 3 aromatic rings. The molecule has 0 aliphatic carbocycles. The van der Waals surface area contributed by atoms with Gasteiger partial charge in [0, 0.05) is 25.2 Å². The second-order valence-electron chi connectivity index (χ2n) is 7.60. The molecule has 0 atom stereocenters. The molecule has 1 amide bonds. The summed E-state index contributed by atoms with van der Waals surface area (Å²) in [5.74, 6) is -0.0119. The average Bonchev–Trinajstić information content (AvgIpc) is 3.31. The van der Waals surface area contributed by atoms with Crippen LogP contribution in [0.1, 0.15) is 43.6 Å². The van der Waals surface area contributed by atoms with Crippen LogP contribution in [0.15, 0.2) is 52.6 Å². The summed E-state index contributed by atoms with van der Waals surface area (Å²) in [5, 5.41) is 5.15. The minimum absolute atomic E-state index is 0.0119. The van der Waals surface area contributed by atoms with Crippen molar-refractivity contribution in [3.8, 4) is 21.7 Å². The largest absolute Gasteiger partial charge is 0.339 e. The lowest BCUT2D eigenvalue weighted by molar-refractivity contribution is 0.0773. The summed E-state index contributed by atoms with van der Waals surface area (Å²) < 4.78 is 1.80. The second kappa shape index (κ2) is 11.2. The summed E-state index contributed by atoms with van der Waals surface area (Å²) in [6.45, 7) is 12.3. The minimum Gasteiger partial charge on any atom is -0.339 e. The number of hydrogen-bond donors (Lipinski definition) is 1. The molecule has 32 heavy (non-hydrogen) atoms. The summed E-state index contributed by atoms with van der Waals surface area (Å²) >= 11 is 1.61. The Morgan fingerprint density at radius 2 is 1.75 bits per heavy atom. The van der Waals surface area contributed by atoms with Gasteiger partial charge in [-0.25, -0.2) is 0 Å². The van der Waals surface area contributed by atoms with Gasteiger partial charge in [0.05, 0.1) is 16.1 Å². The van der Waals surface area contributed by atoms with Crippen molar-refractivity contribution < 1.29 is 4.79 Å². The molecule has 0 radical (unpaired) electrons. The molecule has 170 valence electrons. The first kappa shape index (κ1) is 24.0. The molecular weight excluding hydrogens is 418 g/mol. The molecule has 0 spiro atoms. The Morgan fingerprint density at radius 1 is 1.06 bits per heavy atom. The molecule has 0 unspecified atom stereocenters. The maximum absolute atomic E-state index is 13.3. The van der Waals surface area contributed by atoms with Gasteiger partial charge in [-0.2, -0.15) is 0 Å². The van der Waals surface area contributed by atoms with Crippen molar-refractivity contribution in [2.75, 3.05) is 26.2 Å². The molecule has 1 aliphatic heterocycles. The highest BCUT2D eigenvalue weighted by Crippen LogP contribution is 2.37. The van der Waals surface area contributed by atoms with Crippen LogP contribution in [0.2, 0.25) is 0 Å². The van der Waals surface area contributed by atoms with Crippen LogP contribution in [0, 0.1) is 0 Å². The van der Waals surface area contributed by atoms with Gasteiger partial charge in [-0.05, 0) is 62.0 Å². The summed E-state index contributed by atoms with van der Waals surface area (Å²) in [5.41, 5.74) is 4.05. The number of nitrogens with one attached hydrogen (secondary N) is 1. The van der Waals surface area contributed by atoms with Gasteiger partial charge in [0.15, 0.2) is 0 Å². The lowest BCUT2D eigenvalue weighted by Crippen LogP contribution is -2.35. The minimum atomic E-state index is -0.0219. The molecule has 0 bridgehead atoms. The van der Waals surface area contributed by atoms with E-state index in [1.165, 1.54) is 5.56 Å². The Morgan fingerprint density at radius 3 is 2.34 bits per heavy atom. The number of carbonyl (C=O) groups is 1. The second-order valence-corrected chi connectivity index (χ2v) is 8.52. The van der Waals surface area contributed by atoms with E-state index < -0.39 is 0 Å². The van der Waals surface area contributed by atoms with E-state index in [0.29, 0.717) is 30.8 Å². The van der Waals surface area contributed by atoms with Gasteiger partial charge in [-0.3, -0.25) is 9.59 Å². The first-order valence-electron chi connectivity index (χ1n) is 11.5. The van der Waals surface area contributed by atoms with E-state index >= 15 is 0 Å². The van der Waals surface area contributed by atoms with Gasteiger partial charge in [-0.1, -0.05) is 44.2 Å². The molecular formula is C26H33N3O2S. The zero-order valence-corrected chi connectivity index (χ0v) is 20.3. The van der Waals surface area contributed by atoms with Crippen LogP contribution in [-0.4, -0.2) is 41.6 Å². The van der Waals surface area contributed by atoms with Crippen LogP contribution in [0.3, 0.4) is 0 Å². The van der Waals surface area contributed by atoms with Gasteiger partial charge < -0.3 is 14.8 Å². The van der Waals surface area contributed by atoms with Crippen molar-refractivity contribution in [2.45, 2.75) is 40.7 Å². The van der Waals surface area contributed by atoms with Crippen LogP contribution in [0.25, 0.3) is 21.7 Å². The van der Waals surface area contributed by atoms with Crippen LogP contribution in [0.5, 0.6) is 0 Å². The molecule has 0 saturated carbocycles. The first-order chi connectivity index (χ1) is 15.6. The fraction of sp³-hybridized carbons (Fsp3) is 0.385. The fourth-order valence-electron chi connectivity index (χ4n) is 4.02. The number of aryl methyl sites for hydroxylation is 1. The summed E-state index contributed by atoms with van der Waals surface area (Å²) in [6.07, 6.45) is 0.822. The number of rotatable bonds is 6. The summed E-state index contributed by atoms with van der Waals surface area (Å²) in [4.78, 5) is 29.5. The van der Waals surface area contributed by atoms with Crippen LogP contribution in [0.4, 0.5) is 0 Å². The number of aromatic nitrogens is 1. The maximum atomic E-state index is 13.3. The smallest absolute Gasteiger partial charge is 0.258 e. The van der Waals surface area contributed by atoms with Crippen LogP contribution in [-0.2, 0) is 13.0 Å². The Labute approximate surface area is 194 Å². The number of carbonyl (C=O) groups excluding carboxylic acids is 1. The van der Waals surface area contributed by atoms with Gasteiger partial charge in [-0.15, -0.1) is 11.3 Å². The third-order valence-corrected chi connectivity index (χ3v) is 6.69. The van der Waals surface area contributed by atoms with E-state index in [2.05, 4.69) is 25.2 Å². The highest BCUT2D eigenvalue weighted by molar-refractivity contribution is 7.13. The Bertz CT molecular complexity index is 1100. The standard InChI is InChI=1S/C22H22N2O2S.C4H11N/c1-3-23(4-2)21(25)18-14-17(15-8-6-5-7-9-15)22(26)24-12-10-16-11-13-27-20(16)19(18)24;1-3-5-4-2/h5-9,11,13-14H,3-4,10,12H2,1-2H3;5H,3-4H2,1-2H3. The number of benzene rings is 1. The molecule has 5 nitrogen and oxygen atoms in total. The van der Waals surface area contributed by atoms with Crippen molar-refractivity contribution in [2.24, 2.45) is 0 Å². The highest BCUT2D eigenvalue weighted by Gasteiger charge is 2.28. The van der Waals surface area contributed by atoms with Crippen LogP contribution < -0.4 is 10.9 Å². The summed E-state index contributed by atoms with van der Waals surface area (Å²) in [6, 6.07) is 13.5. The number of fused-ring (bicyclic) bond motifs is 3. The summed E-state index contributed by atoms with van der Waals surface area (Å²) in [7, 11) is 0. The quantitative estimate of drug-likeness (QED) is 0.580. The first-order valence-corrected chi connectivity index (χ1v) is 12.3. The lowest BCUT2D eigenvalue weighted by atomic mass is 9.97. The van der Waals surface area contributed by atoms with Crippen molar-refractivity contribution in [1.82, 2.24) is 14.8 Å². The van der Waals surface area contributed by atoms with Crippen molar-refractivity contribution >= 4 is 17.2 Å². The lowest BCUT2D eigenvalue weighted by Gasteiger charge is -2.26. The molecule has 0 saturated heterocycles. The van der Waals surface area contributed by atoms with Crippen LogP contribution >= 0.6 is 11.3 Å². The normalized spacial score (nSPS) is 11.8. The number of nitrogens with zero attached hydrogens (tertiary/aromatic N) is 2. The van der Waals surface area contributed by atoms with E-state index in [4.69, 9.17) is 0 Å². The molecule has 0 fully saturated rings. The van der Waals surface area contributed by atoms with Gasteiger partial charge in [0.2, 0.25) is 0 Å². The van der Waals surface area contributed by atoms with Gasteiger partial charge in [0.1, 0.15) is 0 Å². The highest BCUT2D eigenvalue weighted by atomic mass is 32.1. The topological polar surface area (TPSA) is 54.3 Å². The van der Waals surface area contributed by atoms with Crippen molar-refractivity contribution in [1.29, 1.82) is 0 Å². The van der Waals surface area contributed by atoms with E-state index in [0.717, 1.165) is 35.6 Å². The predicted molar refractivity (Wildman–Crippen MR) is 135 cm³/mol. The number of pyridine rings is 1. The molecule has 3 heterocycles. The third kappa shape index (κ3) is 4.87. The zero-order chi connectivity index (χ0) is 23.1. The third-order valence-electron chi connectivity index (χ3n) is 5.72. The zero-order valence-electron chi connectivity index (χ0n) is 19.5.